The van der Waals surface area contributed by atoms with Crippen molar-refractivity contribution < 1.29 is 0 Å². The summed E-state index contributed by atoms with van der Waals surface area (Å²) in [5, 5.41) is 0. The molecule has 120 valence electrons. The van der Waals surface area contributed by atoms with E-state index in [0.29, 0.717) is 0 Å². The maximum absolute atomic E-state index is 11.8. The van der Waals surface area contributed by atoms with Crippen LogP contribution in [-0.2, 0) is 13.6 Å². The Kier molecular flexibility index (Phi) is 3.61. The van der Waals surface area contributed by atoms with Gasteiger partial charge in [0.05, 0.1) is 0 Å². The first-order chi connectivity index (χ1) is 11.1. The van der Waals surface area contributed by atoms with Gasteiger partial charge in [0.25, 0.3) is 5.56 Å². The molecule has 4 rings (SSSR count). The number of likely N-dealkylation sites (tertiary alicyclic amines) is 1. The number of rotatable bonds is 3. The summed E-state index contributed by atoms with van der Waals surface area (Å²) in [5.74, 6) is 0.952. The molecular weight excluding hydrogens is 284 g/mol. The molecule has 0 N–H and O–H groups in total. The smallest absolute Gasteiger partial charge is 0.253 e. The van der Waals surface area contributed by atoms with E-state index in [2.05, 4.69) is 29.2 Å². The van der Waals surface area contributed by atoms with Crippen molar-refractivity contribution >= 4 is 0 Å². The highest BCUT2D eigenvalue weighted by Crippen LogP contribution is 2.38. The van der Waals surface area contributed by atoms with E-state index in [-0.39, 0.29) is 5.56 Å². The highest BCUT2D eigenvalue weighted by Gasteiger charge is 2.37. The Hall–Kier alpha value is -1.87. The minimum absolute atomic E-state index is 0.0782. The van der Waals surface area contributed by atoms with Gasteiger partial charge in [0, 0.05) is 37.9 Å². The van der Waals surface area contributed by atoms with E-state index in [9.17, 15) is 4.79 Å². The van der Waals surface area contributed by atoms with Crippen molar-refractivity contribution in [1.82, 2.24) is 9.47 Å². The summed E-state index contributed by atoms with van der Waals surface area (Å²) in [6.07, 6.45) is 6.16. The lowest BCUT2D eigenvalue weighted by atomic mass is 10.0. The fourth-order valence-corrected chi connectivity index (χ4v) is 4.29. The van der Waals surface area contributed by atoms with Crippen LogP contribution in [0.1, 0.15) is 30.4 Å². The standard InChI is InChI=1S/C20H24N2O/c1-14-9-18(13-21(2)20(14)23)17-6-3-15(4-7-17)11-22-12-16-5-8-19(22)10-16/h3-4,6-7,9,13,16,19H,5,8,10-12H2,1-2H3. The van der Waals surface area contributed by atoms with E-state index in [4.69, 9.17) is 0 Å². The van der Waals surface area contributed by atoms with Gasteiger partial charge in [-0.15, -0.1) is 0 Å². The number of nitrogens with zero attached hydrogens (tertiary/aromatic N) is 2. The van der Waals surface area contributed by atoms with Crippen molar-refractivity contribution in [2.75, 3.05) is 6.54 Å². The van der Waals surface area contributed by atoms with Crippen LogP contribution in [0.3, 0.4) is 0 Å². The van der Waals surface area contributed by atoms with Crippen molar-refractivity contribution in [3.8, 4) is 11.1 Å². The number of hydrogen-bond donors (Lipinski definition) is 0. The van der Waals surface area contributed by atoms with Gasteiger partial charge in [-0.05, 0) is 54.9 Å². The second-order valence-corrected chi connectivity index (χ2v) is 7.29. The van der Waals surface area contributed by atoms with Crippen LogP contribution in [0, 0.1) is 12.8 Å². The number of fused-ring (bicyclic) bond motifs is 2. The second-order valence-electron chi connectivity index (χ2n) is 7.29. The quantitative estimate of drug-likeness (QED) is 0.869. The molecule has 2 unspecified atom stereocenters. The molecule has 2 heterocycles. The molecule has 1 saturated heterocycles. The Morgan fingerprint density at radius 3 is 2.52 bits per heavy atom. The minimum atomic E-state index is 0.0782. The van der Waals surface area contributed by atoms with Crippen LogP contribution in [0.15, 0.2) is 41.3 Å². The van der Waals surface area contributed by atoms with E-state index < -0.39 is 0 Å². The van der Waals surface area contributed by atoms with Gasteiger partial charge in [0.1, 0.15) is 0 Å². The van der Waals surface area contributed by atoms with Gasteiger partial charge in [-0.25, -0.2) is 0 Å². The average Bonchev–Trinajstić information content (AvgIpc) is 3.15. The Balaban J connectivity index is 1.53. The summed E-state index contributed by atoms with van der Waals surface area (Å²) in [7, 11) is 1.82. The molecule has 0 amide bonds. The van der Waals surface area contributed by atoms with E-state index in [1.807, 2.05) is 26.2 Å². The third-order valence-electron chi connectivity index (χ3n) is 5.56. The Morgan fingerprint density at radius 1 is 1.13 bits per heavy atom. The molecule has 2 atom stereocenters. The highest BCUT2D eigenvalue weighted by molar-refractivity contribution is 5.63. The highest BCUT2D eigenvalue weighted by atomic mass is 16.1. The molecule has 3 heteroatoms. The zero-order chi connectivity index (χ0) is 16.0. The molecule has 1 aliphatic carbocycles. The summed E-state index contributed by atoms with van der Waals surface area (Å²) >= 11 is 0. The SMILES string of the molecule is Cc1cc(-c2ccc(CN3CC4CCC3C4)cc2)cn(C)c1=O. The van der Waals surface area contributed by atoms with Crippen molar-refractivity contribution in [1.29, 1.82) is 0 Å². The van der Waals surface area contributed by atoms with Crippen molar-refractivity contribution in [3.05, 3.63) is 58.0 Å². The maximum atomic E-state index is 11.8. The summed E-state index contributed by atoms with van der Waals surface area (Å²) in [5.41, 5.74) is 4.55. The monoisotopic (exact) mass is 308 g/mol. The number of pyridine rings is 1. The Bertz CT molecular complexity index is 749. The van der Waals surface area contributed by atoms with E-state index in [1.54, 1.807) is 4.57 Å². The molecule has 1 aromatic heterocycles. The molecule has 0 spiro atoms. The van der Waals surface area contributed by atoms with Gasteiger partial charge in [0.15, 0.2) is 0 Å². The normalized spacial score (nSPS) is 23.6. The lowest BCUT2D eigenvalue weighted by Gasteiger charge is -2.26. The van der Waals surface area contributed by atoms with Crippen LogP contribution >= 0.6 is 0 Å². The predicted octanol–water partition coefficient (Wildman–Crippen LogP) is 3.35. The van der Waals surface area contributed by atoms with E-state index >= 15 is 0 Å². The molecule has 2 aliphatic rings. The number of piperidine rings is 1. The van der Waals surface area contributed by atoms with E-state index in [1.165, 1.54) is 36.9 Å². The lowest BCUT2D eigenvalue weighted by Crippen LogP contribution is -2.31. The fourth-order valence-electron chi connectivity index (χ4n) is 4.29. The second kappa shape index (κ2) is 5.64. The van der Waals surface area contributed by atoms with Gasteiger partial charge < -0.3 is 4.57 Å². The molecule has 2 aromatic rings. The third kappa shape index (κ3) is 2.74. The largest absolute Gasteiger partial charge is 0.318 e. The summed E-state index contributed by atoms with van der Waals surface area (Å²) in [4.78, 5) is 14.5. The number of hydrogen-bond acceptors (Lipinski definition) is 2. The molecule has 1 aliphatic heterocycles. The lowest BCUT2D eigenvalue weighted by molar-refractivity contribution is 0.205. The number of aryl methyl sites for hydroxylation is 2. The first kappa shape index (κ1) is 14.7. The first-order valence-corrected chi connectivity index (χ1v) is 8.61. The van der Waals surface area contributed by atoms with Crippen LogP contribution in [0.4, 0.5) is 0 Å². The Morgan fingerprint density at radius 2 is 1.91 bits per heavy atom. The first-order valence-electron chi connectivity index (χ1n) is 8.61. The van der Waals surface area contributed by atoms with Crippen LogP contribution < -0.4 is 5.56 Å². The minimum Gasteiger partial charge on any atom is -0.318 e. The maximum Gasteiger partial charge on any atom is 0.253 e. The van der Waals surface area contributed by atoms with Crippen LogP contribution in [0.5, 0.6) is 0 Å². The van der Waals surface area contributed by atoms with Gasteiger partial charge in [-0.3, -0.25) is 9.69 Å². The molecule has 23 heavy (non-hydrogen) atoms. The molecule has 0 radical (unpaired) electrons. The summed E-state index contributed by atoms with van der Waals surface area (Å²) in [6, 6.07) is 11.7. The van der Waals surface area contributed by atoms with Crippen LogP contribution in [0.2, 0.25) is 0 Å². The van der Waals surface area contributed by atoms with Crippen molar-refractivity contribution in [2.24, 2.45) is 13.0 Å². The van der Waals surface area contributed by atoms with Gasteiger partial charge in [-0.2, -0.15) is 0 Å². The van der Waals surface area contributed by atoms with Crippen LogP contribution in [0.25, 0.3) is 11.1 Å². The van der Waals surface area contributed by atoms with Crippen LogP contribution in [-0.4, -0.2) is 22.1 Å². The molecule has 2 bridgehead atoms. The average molecular weight is 308 g/mol. The summed E-state index contributed by atoms with van der Waals surface area (Å²) < 4.78 is 1.67. The zero-order valence-electron chi connectivity index (χ0n) is 14.0. The fraction of sp³-hybridized carbons (Fsp3) is 0.450. The van der Waals surface area contributed by atoms with Crippen molar-refractivity contribution in [3.63, 3.8) is 0 Å². The van der Waals surface area contributed by atoms with Gasteiger partial charge >= 0.3 is 0 Å². The van der Waals surface area contributed by atoms with E-state index in [0.717, 1.165) is 29.6 Å². The molecular formula is C20H24N2O. The molecule has 1 aromatic carbocycles. The van der Waals surface area contributed by atoms with Crippen molar-refractivity contribution in [2.45, 2.75) is 38.8 Å². The molecule has 2 fully saturated rings. The zero-order valence-corrected chi connectivity index (χ0v) is 14.0. The molecule has 3 nitrogen and oxygen atoms in total. The van der Waals surface area contributed by atoms with Gasteiger partial charge in [0.2, 0.25) is 0 Å². The Labute approximate surface area is 137 Å². The molecule has 1 saturated carbocycles. The third-order valence-corrected chi connectivity index (χ3v) is 5.56. The number of aromatic nitrogens is 1. The summed E-state index contributed by atoms with van der Waals surface area (Å²) in [6.45, 7) is 4.24. The topological polar surface area (TPSA) is 25.2 Å². The van der Waals surface area contributed by atoms with Gasteiger partial charge in [-0.1, -0.05) is 24.3 Å². The predicted molar refractivity (Wildman–Crippen MR) is 93.4 cm³/mol. The number of benzene rings is 1.